The number of aliphatic hydroxyl groups excluding tert-OH is 1. The largest absolute Gasteiger partial charge is 0.462 e. The van der Waals surface area contributed by atoms with Gasteiger partial charge in [-0.2, -0.15) is 4.31 Å². The van der Waals surface area contributed by atoms with E-state index in [4.69, 9.17) is 28.2 Å². The number of sulfonamides is 1. The summed E-state index contributed by atoms with van der Waals surface area (Å²) in [5, 5.41) is 19.0. The Labute approximate surface area is 327 Å². The maximum atomic E-state index is 14.4. The maximum absolute atomic E-state index is 14.4. The van der Waals surface area contributed by atoms with E-state index in [1.807, 2.05) is 44.2 Å². The van der Waals surface area contributed by atoms with Crippen molar-refractivity contribution in [3.8, 4) is 0 Å². The Hall–Kier alpha value is -4.13. The van der Waals surface area contributed by atoms with E-state index in [2.05, 4.69) is 10.5 Å². The molecule has 1 unspecified atom stereocenters. The number of aromatic nitrogens is 1. The third-order valence-corrected chi connectivity index (χ3v) is 11.1. The molecule has 5 atom stereocenters. The van der Waals surface area contributed by atoms with Crippen molar-refractivity contribution in [3.05, 3.63) is 59.8 Å². The number of hydrogen-bond acceptors (Lipinski definition) is 14. The molecule has 2 aliphatic rings. The van der Waals surface area contributed by atoms with E-state index in [1.165, 1.54) is 27.4 Å². The van der Waals surface area contributed by atoms with Crippen molar-refractivity contribution in [1.82, 2.24) is 19.7 Å². The predicted molar refractivity (Wildman–Crippen MR) is 202 cm³/mol. The number of esters is 2. The van der Waals surface area contributed by atoms with Crippen molar-refractivity contribution in [2.75, 3.05) is 39.4 Å². The highest BCUT2D eigenvalue weighted by Crippen LogP contribution is 2.33. The normalized spacial score (nSPS) is 19.5. The average molecular weight is 803 g/mol. The summed E-state index contributed by atoms with van der Waals surface area (Å²) in [5.41, 5.74) is 1.40. The second-order valence-corrected chi connectivity index (χ2v) is 17.1. The SMILES string of the molecule is CC(C)CN(C[C@@H](O)[C@H](Cc1ccccc1)NC(=O)OC1CO[C@H]2OCC[C@@H]12)S(=O)(=O)c1ccc2onc(CN(CC(=O)OC(C)C)CC(=O)OC(C)C)c2c1. The topological polar surface area (TPSA) is 196 Å². The van der Waals surface area contributed by atoms with Crippen LogP contribution < -0.4 is 5.32 Å². The highest BCUT2D eigenvalue weighted by molar-refractivity contribution is 7.89. The second-order valence-electron chi connectivity index (χ2n) is 15.2. The van der Waals surface area contributed by atoms with Crippen molar-refractivity contribution >= 4 is 39.0 Å². The Balaban J connectivity index is 1.37. The number of amides is 1. The van der Waals surface area contributed by atoms with Gasteiger partial charge in [-0.05, 0) is 70.2 Å². The first-order valence-corrected chi connectivity index (χ1v) is 20.4. The molecule has 2 fully saturated rings. The smallest absolute Gasteiger partial charge is 0.407 e. The number of ether oxygens (including phenoxy) is 5. The standard InChI is InChI=1S/C39H54N4O12S/c1-24(2)18-43(20-33(44)31(16-27-10-8-7-9-11-27)40-39(47)54-35-23-51-38-29(35)14-15-50-38)56(48,49)28-12-13-34-30(17-28)32(41-55-34)19-42(21-36(45)52-25(3)4)22-37(46)53-26(5)6/h7-13,17,24-26,29,31,33,35,38,44H,14-16,18-23H2,1-6H3,(H,40,47)/t29-,31-,33+,35?,38+/m0/s1. The molecule has 5 rings (SSSR count). The summed E-state index contributed by atoms with van der Waals surface area (Å²) in [6, 6.07) is 12.6. The lowest BCUT2D eigenvalue weighted by atomic mass is 10.0. The quantitative estimate of drug-likeness (QED) is 0.132. The fraction of sp³-hybridized carbons (Fsp3) is 0.590. The lowest BCUT2D eigenvalue weighted by Crippen LogP contribution is -2.51. The summed E-state index contributed by atoms with van der Waals surface area (Å²) in [6.07, 6.45) is -2.88. The van der Waals surface area contributed by atoms with Crippen LogP contribution in [0.1, 0.15) is 59.2 Å². The van der Waals surface area contributed by atoms with E-state index in [9.17, 15) is 27.9 Å². The molecule has 2 N–H and O–H groups in total. The van der Waals surface area contributed by atoms with Gasteiger partial charge in [-0.25, -0.2) is 13.2 Å². The minimum absolute atomic E-state index is 0.0581. The van der Waals surface area contributed by atoms with Crippen LogP contribution in [0.4, 0.5) is 4.79 Å². The molecule has 16 nitrogen and oxygen atoms in total. The van der Waals surface area contributed by atoms with E-state index in [1.54, 1.807) is 27.7 Å². The van der Waals surface area contributed by atoms with Crippen LogP contribution in [0.3, 0.4) is 0 Å². The third-order valence-electron chi connectivity index (χ3n) is 9.24. The van der Waals surface area contributed by atoms with Gasteiger partial charge in [-0.1, -0.05) is 49.3 Å². The van der Waals surface area contributed by atoms with Gasteiger partial charge in [0, 0.05) is 25.0 Å². The molecule has 0 saturated carbocycles. The molecule has 2 saturated heterocycles. The number of alkyl carbamates (subject to hydrolysis) is 1. The molecule has 308 valence electrons. The van der Waals surface area contributed by atoms with Gasteiger partial charge in [0.2, 0.25) is 10.0 Å². The average Bonchev–Trinajstić information content (AvgIpc) is 3.84. The zero-order valence-electron chi connectivity index (χ0n) is 32.8. The number of aliphatic hydroxyl groups is 1. The molecule has 1 amide bonds. The summed E-state index contributed by atoms with van der Waals surface area (Å²) in [7, 11) is -4.27. The molecule has 17 heteroatoms. The predicted octanol–water partition coefficient (Wildman–Crippen LogP) is 3.64. The zero-order valence-corrected chi connectivity index (χ0v) is 33.6. The minimum Gasteiger partial charge on any atom is -0.462 e. The lowest BCUT2D eigenvalue weighted by molar-refractivity contribution is -0.152. The number of hydrogen-bond donors (Lipinski definition) is 2. The number of rotatable bonds is 19. The molecule has 0 radical (unpaired) electrons. The van der Waals surface area contributed by atoms with Gasteiger partial charge in [0.15, 0.2) is 11.9 Å². The molecular formula is C39H54N4O12S. The molecule has 3 aromatic rings. The van der Waals surface area contributed by atoms with Gasteiger partial charge < -0.3 is 38.6 Å². The summed E-state index contributed by atoms with van der Waals surface area (Å²) in [6.45, 7) is 10.4. The first-order valence-electron chi connectivity index (χ1n) is 19.0. The highest BCUT2D eigenvalue weighted by atomic mass is 32.2. The maximum Gasteiger partial charge on any atom is 0.407 e. The Morgan fingerprint density at radius 2 is 1.62 bits per heavy atom. The summed E-state index contributed by atoms with van der Waals surface area (Å²) < 4.78 is 63.1. The van der Waals surface area contributed by atoms with Crippen LogP contribution in [-0.2, 0) is 56.3 Å². The minimum atomic E-state index is -4.27. The van der Waals surface area contributed by atoms with Crippen LogP contribution in [0.25, 0.3) is 11.0 Å². The number of benzene rings is 2. The van der Waals surface area contributed by atoms with E-state index in [0.717, 1.165) is 5.56 Å². The number of carbonyl (C=O) groups excluding carboxylic acids is 3. The summed E-state index contributed by atoms with van der Waals surface area (Å²) in [4.78, 5) is 39.9. The van der Waals surface area contributed by atoms with Crippen LogP contribution in [0.2, 0.25) is 0 Å². The van der Waals surface area contributed by atoms with E-state index in [-0.39, 0.29) is 86.0 Å². The van der Waals surface area contributed by atoms with Crippen molar-refractivity contribution < 1.29 is 56.1 Å². The van der Waals surface area contributed by atoms with E-state index in [0.29, 0.717) is 18.4 Å². The Morgan fingerprint density at radius 1 is 0.946 bits per heavy atom. The van der Waals surface area contributed by atoms with Crippen LogP contribution >= 0.6 is 0 Å². The van der Waals surface area contributed by atoms with Crippen molar-refractivity contribution in [2.45, 2.75) is 103 Å². The Kier molecular flexibility index (Phi) is 14.9. The lowest BCUT2D eigenvalue weighted by Gasteiger charge is -2.31. The first kappa shape index (κ1) is 43.0. The van der Waals surface area contributed by atoms with Crippen molar-refractivity contribution in [1.29, 1.82) is 0 Å². The fourth-order valence-electron chi connectivity index (χ4n) is 6.77. The summed E-state index contributed by atoms with van der Waals surface area (Å²) >= 11 is 0. The summed E-state index contributed by atoms with van der Waals surface area (Å²) in [5.74, 6) is -1.34. The van der Waals surface area contributed by atoms with Crippen LogP contribution in [0, 0.1) is 11.8 Å². The van der Waals surface area contributed by atoms with Crippen molar-refractivity contribution in [2.24, 2.45) is 11.8 Å². The molecule has 1 aromatic heterocycles. The van der Waals surface area contributed by atoms with Gasteiger partial charge in [-0.3, -0.25) is 14.5 Å². The molecule has 0 bridgehead atoms. The zero-order chi connectivity index (χ0) is 40.6. The second kappa shape index (κ2) is 19.3. The first-order chi connectivity index (χ1) is 26.6. The monoisotopic (exact) mass is 802 g/mol. The molecule has 56 heavy (non-hydrogen) atoms. The number of fused-ring (bicyclic) bond motifs is 2. The number of carbonyl (C=O) groups is 3. The fourth-order valence-corrected chi connectivity index (χ4v) is 8.42. The van der Waals surface area contributed by atoms with E-state index >= 15 is 0 Å². The van der Waals surface area contributed by atoms with Crippen LogP contribution in [0.5, 0.6) is 0 Å². The van der Waals surface area contributed by atoms with Crippen molar-refractivity contribution in [3.63, 3.8) is 0 Å². The van der Waals surface area contributed by atoms with Gasteiger partial charge >= 0.3 is 18.0 Å². The van der Waals surface area contributed by atoms with E-state index < -0.39 is 52.6 Å². The van der Waals surface area contributed by atoms with Gasteiger partial charge in [0.05, 0.1) is 61.5 Å². The molecule has 2 aromatic carbocycles. The van der Waals surface area contributed by atoms with Gasteiger partial charge in [-0.15, -0.1) is 0 Å². The number of nitrogens with one attached hydrogen (secondary N) is 1. The Morgan fingerprint density at radius 3 is 2.27 bits per heavy atom. The molecule has 2 aliphatic heterocycles. The third kappa shape index (κ3) is 11.7. The Bertz CT molecular complexity index is 1860. The van der Waals surface area contributed by atoms with Gasteiger partial charge in [0.25, 0.3) is 0 Å². The van der Waals surface area contributed by atoms with Crippen LogP contribution in [0.15, 0.2) is 57.9 Å². The van der Waals surface area contributed by atoms with Crippen LogP contribution in [-0.4, -0.2) is 122 Å². The molecule has 0 aliphatic carbocycles. The molecular weight excluding hydrogens is 749 g/mol. The molecule has 3 heterocycles. The number of nitrogens with zero attached hydrogens (tertiary/aromatic N) is 3. The van der Waals surface area contributed by atoms with Gasteiger partial charge in [0.1, 0.15) is 11.8 Å². The highest BCUT2D eigenvalue weighted by Gasteiger charge is 2.44. The molecule has 0 spiro atoms.